The largest absolute Gasteiger partial charge is 0.509 e. The molecule has 0 aliphatic carbocycles. The number of sulfone groups is 1. The van der Waals surface area contributed by atoms with Crippen molar-refractivity contribution in [1.82, 2.24) is 5.32 Å². The number of carbonyl (C=O) groups is 2. The van der Waals surface area contributed by atoms with Gasteiger partial charge in [-0.1, -0.05) is 35.3 Å². The minimum atomic E-state index is -3.45. The van der Waals surface area contributed by atoms with Gasteiger partial charge in [0.15, 0.2) is 20.8 Å². The third-order valence-corrected chi connectivity index (χ3v) is 4.77. The minimum absolute atomic E-state index is 0.0252. The number of hydrogen-bond donors (Lipinski definition) is 1. The standard InChI is InChI=1S/C16H20Cl2FNO6S/c1-9(2)25-16(22)26-13(12(8-19)20-15(21)14(17)18)10-4-6-11(7-5-10)27(3,23)24/h4-7,9,12-14H,8H2,1-3H3,(H,20,21)/t12-,13-/m1/s1. The van der Waals surface area contributed by atoms with Crippen LogP contribution in [0.4, 0.5) is 9.18 Å². The Kier molecular flexibility index (Phi) is 8.77. The molecule has 0 aliphatic heterocycles. The highest BCUT2D eigenvalue weighted by Crippen LogP contribution is 2.25. The van der Waals surface area contributed by atoms with E-state index in [4.69, 9.17) is 32.7 Å². The fourth-order valence-electron chi connectivity index (χ4n) is 2.05. The van der Waals surface area contributed by atoms with Gasteiger partial charge in [-0.2, -0.15) is 0 Å². The second-order valence-corrected chi connectivity index (χ2v) is 8.98. The lowest BCUT2D eigenvalue weighted by Gasteiger charge is -2.26. The van der Waals surface area contributed by atoms with Crippen molar-refractivity contribution in [2.75, 3.05) is 12.9 Å². The van der Waals surface area contributed by atoms with Gasteiger partial charge >= 0.3 is 6.16 Å². The summed E-state index contributed by atoms with van der Waals surface area (Å²) in [6, 6.07) is 3.92. The monoisotopic (exact) mass is 443 g/mol. The predicted octanol–water partition coefficient (Wildman–Crippen LogP) is 2.95. The van der Waals surface area contributed by atoms with Crippen molar-refractivity contribution in [3.8, 4) is 0 Å². The molecule has 7 nitrogen and oxygen atoms in total. The number of carbonyl (C=O) groups excluding carboxylic acids is 2. The molecular formula is C16H20Cl2FNO6S. The van der Waals surface area contributed by atoms with E-state index in [1.54, 1.807) is 13.8 Å². The maximum absolute atomic E-state index is 13.6. The molecule has 0 fully saturated rings. The minimum Gasteiger partial charge on any atom is -0.432 e. The Bertz CT molecular complexity index is 755. The molecule has 27 heavy (non-hydrogen) atoms. The molecule has 1 aromatic rings. The van der Waals surface area contributed by atoms with Gasteiger partial charge in [0.1, 0.15) is 6.67 Å². The van der Waals surface area contributed by atoms with E-state index in [0.29, 0.717) is 0 Å². The Morgan fingerprint density at radius 3 is 2.11 bits per heavy atom. The maximum atomic E-state index is 13.6. The van der Waals surface area contributed by atoms with E-state index in [2.05, 4.69) is 5.32 Å². The first-order valence-electron chi connectivity index (χ1n) is 7.77. The van der Waals surface area contributed by atoms with E-state index < -0.39 is 51.7 Å². The first kappa shape index (κ1) is 23.5. The van der Waals surface area contributed by atoms with Gasteiger partial charge in [-0.05, 0) is 31.5 Å². The zero-order chi connectivity index (χ0) is 20.8. The van der Waals surface area contributed by atoms with Crippen LogP contribution >= 0.6 is 23.2 Å². The maximum Gasteiger partial charge on any atom is 0.509 e. The molecule has 0 saturated heterocycles. The first-order valence-corrected chi connectivity index (χ1v) is 10.5. The smallest absolute Gasteiger partial charge is 0.432 e. The number of alkyl halides is 3. The SMILES string of the molecule is CC(C)OC(=O)O[C@H](c1ccc(S(C)(=O)=O)cc1)[C@@H](CF)NC(=O)C(Cl)Cl. The molecule has 0 radical (unpaired) electrons. The average Bonchev–Trinajstić information content (AvgIpc) is 2.56. The highest BCUT2D eigenvalue weighted by molar-refractivity contribution is 7.90. The molecule has 0 heterocycles. The van der Waals surface area contributed by atoms with Gasteiger partial charge in [-0.25, -0.2) is 17.6 Å². The fourth-order valence-corrected chi connectivity index (χ4v) is 2.81. The highest BCUT2D eigenvalue weighted by atomic mass is 35.5. The van der Waals surface area contributed by atoms with Crippen molar-refractivity contribution in [2.45, 2.75) is 41.8 Å². The quantitative estimate of drug-likeness (QED) is 0.489. The Morgan fingerprint density at radius 2 is 1.70 bits per heavy atom. The molecular weight excluding hydrogens is 424 g/mol. The summed E-state index contributed by atoms with van der Waals surface area (Å²) in [5.74, 6) is -0.875. The molecule has 0 aliphatic rings. The van der Waals surface area contributed by atoms with E-state index in [1.807, 2.05) is 0 Å². The third-order valence-electron chi connectivity index (χ3n) is 3.25. The molecule has 1 rings (SSSR count). The van der Waals surface area contributed by atoms with E-state index in [1.165, 1.54) is 24.3 Å². The fraction of sp³-hybridized carbons (Fsp3) is 0.500. The van der Waals surface area contributed by atoms with Crippen molar-refractivity contribution in [3.05, 3.63) is 29.8 Å². The normalized spacial score (nSPS) is 13.9. The number of ether oxygens (including phenoxy) is 2. The molecule has 1 amide bonds. The Morgan fingerprint density at radius 1 is 1.15 bits per heavy atom. The van der Waals surface area contributed by atoms with Crippen LogP contribution < -0.4 is 5.32 Å². The van der Waals surface area contributed by atoms with Crippen molar-refractivity contribution < 1.29 is 31.9 Å². The molecule has 1 N–H and O–H groups in total. The zero-order valence-electron chi connectivity index (χ0n) is 14.8. The van der Waals surface area contributed by atoms with Crippen LogP contribution in [-0.4, -0.2) is 50.4 Å². The van der Waals surface area contributed by atoms with Gasteiger partial charge in [0.05, 0.1) is 17.0 Å². The van der Waals surface area contributed by atoms with E-state index in [9.17, 15) is 22.4 Å². The summed E-state index contributed by atoms with van der Waals surface area (Å²) >= 11 is 10.9. The first-order chi connectivity index (χ1) is 12.5. The van der Waals surface area contributed by atoms with Crippen LogP contribution in [0.15, 0.2) is 29.2 Å². The van der Waals surface area contributed by atoms with Crippen LogP contribution in [0.3, 0.4) is 0 Å². The number of nitrogens with one attached hydrogen (secondary N) is 1. The molecule has 0 aromatic heterocycles. The summed E-state index contributed by atoms with van der Waals surface area (Å²) in [7, 11) is -3.45. The van der Waals surface area contributed by atoms with Gasteiger partial charge in [0.25, 0.3) is 5.91 Å². The van der Waals surface area contributed by atoms with E-state index >= 15 is 0 Å². The molecule has 0 bridgehead atoms. The van der Waals surface area contributed by atoms with Crippen LogP contribution in [0.5, 0.6) is 0 Å². The summed E-state index contributed by atoms with van der Waals surface area (Å²) < 4.78 is 46.8. The van der Waals surface area contributed by atoms with Gasteiger partial charge < -0.3 is 14.8 Å². The van der Waals surface area contributed by atoms with E-state index in [0.717, 1.165) is 6.26 Å². The molecule has 1 aromatic carbocycles. The van der Waals surface area contributed by atoms with Crippen molar-refractivity contribution in [3.63, 3.8) is 0 Å². The number of halogens is 3. The summed E-state index contributed by atoms with van der Waals surface area (Å²) in [4.78, 5) is 22.2. The van der Waals surface area contributed by atoms with Crippen molar-refractivity contribution in [1.29, 1.82) is 0 Å². The Balaban J connectivity index is 3.19. The second kappa shape index (κ2) is 10.1. The van der Waals surface area contributed by atoms with Crippen LogP contribution in [-0.2, 0) is 24.1 Å². The van der Waals surface area contributed by atoms with Crippen molar-refractivity contribution >= 4 is 45.1 Å². The molecule has 152 valence electrons. The van der Waals surface area contributed by atoms with Crippen LogP contribution in [0.2, 0.25) is 0 Å². The number of rotatable bonds is 8. The van der Waals surface area contributed by atoms with Gasteiger partial charge in [-0.15, -0.1) is 0 Å². The molecule has 0 spiro atoms. The molecule has 0 saturated carbocycles. The number of amides is 1. The zero-order valence-corrected chi connectivity index (χ0v) is 17.1. The molecule has 2 atom stereocenters. The second-order valence-electron chi connectivity index (χ2n) is 5.87. The summed E-state index contributed by atoms with van der Waals surface area (Å²) in [6.07, 6.45) is -1.84. The average molecular weight is 444 g/mol. The van der Waals surface area contributed by atoms with Crippen LogP contribution in [0.25, 0.3) is 0 Å². The number of benzene rings is 1. The molecule has 11 heteroatoms. The third kappa shape index (κ3) is 7.51. The number of hydrogen-bond acceptors (Lipinski definition) is 6. The van der Waals surface area contributed by atoms with Crippen molar-refractivity contribution in [2.24, 2.45) is 0 Å². The van der Waals surface area contributed by atoms with Crippen LogP contribution in [0, 0.1) is 0 Å². The molecule has 0 unspecified atom stereocenters. The highest BCUT2D eigenvalue weighted by Gasteiger charge is 2.31. The van der Waals surface area contributed by atoms with Crippen LogP contribution in [0.1, 0.15) is 25.5 Å². The lowest BCUT2D eigenvalue weighted by atomic mass is 10.0. The predicted molar refractivity (Wildman–Crippen MR) is 98.4 cm³/mol. The lowest BCUT2D eigenvalue weighted by Crippen LogP contribution is -2.44. The van der Waals surface area contributed by atoms with Gasteiger partial charge in [-0.3, -0.25) is 4.79 Å². The summed E-state index contributed by atoms with van der Waals surface area (Å²) in [5.41, 5.74) is 0.242. The topological polar surface area (TPSA) is 98.8 Å². The lowest BCUT2D eigenvalue weighted by molar-refractivity contribution is -0.121. The van der Waals surface area contributed by atoms with Gasteiger partial charge in [0, 0.05) is 6.26 Å². The Hall–Kier alpha value is -1.58. The summed E-state index contributed by atoms with van der Waals surface area (Å²) in [6.45, 7) is 2.08. The van der Waals surface area contributed by atoms with Gasteiger partial charge in [0.2, 0.25) is 0 Å². The Labute approximate surface area is 167 Å². The van der Waals surface area contributed by atoms with E-state index in [-0.39, 0.29) is 10.5 Å². The summed E-state index contributed by atoms with van der Waals surface area (Å²) in [5, 5.41) is 2.24.